The fourth-order valence-corrected chi connectivity index (χ4v) is 6.06. The van der Waals surface area contributed by atoms with Crippen LogP contribution in [0.4, 0.5) is 11.5 Å². The first-order chi connectivity index (χ1) is 13.6. The van der Waals surface area contributed by atoms with E-state index in [9.17, 15) is 4.79 Å². The van der Waals surface area contributed by atoms with Crippen molar-refractivity contribution >= 4 is 29.2 Å². The van der Waals surface area contributed by atoms with Gasteiger partial charge in [0.05, 0.1) is 5.69 Å². The van der Waals surface area contributed by atoms with Crippen LogP contribution < -0.4 is 5.32 Å². The maximum Gasteiger partial charge on any atom is 0.303 e. The van der Waals surface area contributed by atoms with Gasteiger partial charge in [-0.2, -0.15) is 0 Å². The van der Waals surface area contributed by atoms with E-state index in [1.54, 1.807) is 24.2 Å². The van der Waals surface area contributed by atoms with E-state index in [2.05, 4.69) is 38.4 Å². The first kappa shape index (κ1) is 17.9. The van der Waals surface area contributed by atoms with Gasteiger partial charge in [-0.25, -0.2) is 9.97 Å². The Morgan fingerprint density at radius 2 is 1.96 bits per heavy atom. The second-order valence-corrected chi connectivity index (χ2v) is 9.40. The maximum absolute atomic E-state index is 11.1. The Labute approximate surface area is 168 Å². The van der Waals surface area contributed by atoms with Crippen molar-refractivity contribution in [3.05, 3.63) is 36.2 Å². The number of carbonyl (C=O) groups is 1. The van der Waals surface area contributed by atoms with E-state index in [1.807, 2.05) is 0 Å². The second kappa shape index (κ2) is 7.37. The third-order valence-electron chi connectivity index (χ3n) is 6.07. The van der Waals surface area contributed by atoms with Gasteiger partial charge in [0.1, 0.15) is 5.03 Å². The molecular weight excluding hydrogens is 372 g/mol. The number of carboxylic acid groups (broad SMARTS) is 1. The van der Waals surface area contributed by atoms with Crippen LogP contribution >= 0.6 is 11.8 Å². The SMILES string of the molecule is O=C(O)CC1CC2CC(C1)CN(Cc1ccc3c(c1)Nc1nccnc1S3)C2. The molecule has 2 N–H and O–H groups in total. The summed E-state index contributed by atoms with van der Waals surface area (Å²) in [6, 6.07) is 6.62. The van der Waals surface area contributed by atoms with E-state index in [4.69, 9.17) is 5.11 Å². The molecule has 2 bridgehead atoms. The number of carboxylic acids is 1. The van der Waals surface area contributed by atoms with Crippen LogP contribution in [0.3, 0.4) is 0 Å². The molecule has 2 fully saturated rings. The zero-order chi connectivity index (χ0) is 19.1. The lowest BCUT2D eigenvalue weighted by Crippen LogP contribution is -2.44. The van der Waals surface area contributed by atoms with Crippen molar-refractivity contribution in [2.75, 3.05) is 18.4 Å². The Balaban J connectivity index is 1.25. The molecule has 3 heterocycles. The number of rotatable bonds is 4. The van der Waals surface area contributed by atoms with Gasteiger partial charge in [0.2, 0.25) is 0 Å². The van der Waals surface area contributed by atoms with Gasteiger partial charge in [-0.05, 0) is 54.7 Å². The van der Waals surface area contributed by atoms with Crippen LogP contribution in [0.2, 0.25) is 0 Å². The minimum atomic E-state index is -0.646. The quantitative estimate of drug-likeness (QED) is 0.690. The fourth-order valence-electron chi connectivity index (χ4n) is 5.19. The summed E-state index contributed by atoms with van der Waals surface area (Å²) in [4.78, 5) is 23.6. The average Bonchev–Trinajstić information content (AvgIpc) is 2.65. The van der Waals surface area contributed by atoms with Crippen LogP contribution in [-0.2, 0) is 11.3 Å². The molecule has 0 amide bonds. The lowest BCUT2D eigenvalue weighted by atomic mass is 9.71. The number of nitrogens with zero attached hydrogens (tertiary/aromatic N) is 3. The second-order valence-electron chi connectivity index (χ2n) is 8.36. The zero-order valence-electron chi connectivity index (χ0n) is 15.7. The van der Waals surface area contributed by atoms with Gasteiger partial charge in [-0.3, -0.25) is 9.69 Å². The minimum Gasteiger partial charge on any atom is -0.481 e. The predicted octanol–water partition coefficient (Wildman–Crippen LogP) is 4.01. The van der Waals surface area contributed by atoms with E-state index in [-0.39, 0.29) is 0 Å². The van der Waals surface area contributed by atoms with E-state index >= 15 is 0 Å². The van der Waals surface area contributed by atoms with Crippen molar-refractivity contribution in [1.82, 2.24) is 14.9 Å². The molecule has 1 aromatic carbocycles. The third-order valence-corrected chi connectivity index (χ3v) is 7.14. The van der Waals surface area contributed by atoms with Gasteiger partial charge >= 0.3 is 5.97 Å². The highest BCUT2D eigenvalue weighted by Crippen LogP contribution is 2.43. The molecule has 1 saturated carbocycles. The molecule has 1 aliphatic carbocycles. The summed E-state index contributed by atoms with van der Waals surface area (Å²) in [5, 5.41) is 13.4. The largest absolute Gasteiger partial charge is 0.481 e. The number of hydrogen-bond acceptors (Lipinski definition) is 6. The number of anilines is 2. The van der Waals surface area contributed by atoms with Gasteiger partial charge in [0.15, 0.2) is 5.82 Å². The number of aliphatic carboxylic acids is 1. The summed E-state index contributed by atoms with van der Waals surface area (Å²) in [6.07, 6.45) is 7.18. The molecule has 3 aliphatic rings. The number of nitrogens with one attached hydrogen (secondary N) is 1. The molecule has 28 heavy (non-hydrogen) atoms. The summed E-state index contributed by atoms with van der Waals surface area (Å²) in [5.74, 6) is 1.84. The van der Waals surface area contributed by atoms with Gasteiger partial charge in [0.25, 0.3) is 0 Å². The fraction of sp³-hybridized carbons (Fsp3) is 0.476. The molecule has 1 aromatic heterocycles. The molecule has 1 saturated heterocycles. The van der Waals surface area contributed by atoms with E-state index in [1.165, 1.54) is 16.9 Å². The van der Waals surface area contributed by atoms with Crippen LogP contribution in [0.15, 0.2) is 40.5 Å². The molecule has 2 unspecified atom stereocenters. The molecule has 0 radical (unpaired) electrons. The van der Waals surface area contributed by atoms with Gasteiger partial charge < -0.3 is 10.4 Å². The zero-order valence-corrected chi connectivity index (χ0v) is 16.5. The topological polar surface area (TPSA) is 78.4 Å². The number of piperidine rings is 1. The Hall–Kier alpha value is -2.12. The smallest absolute Gasteiger partial charge is 0.303 e. The molecule has 2 atom stereocenters. The predicted molar refractivity (Wildman–Crippen MR) is 108 cm³/mol. The van der Waals surface area contributed by atoms with Crippen molar-refractivity contribution in [1.29, 1.82) is 0 Å². The van der Waals surface area contributed by atoms with Crippen molar-refractivity contribution in [2.24, 2.45) is 17.8 Å². The highest BCUT2D eigenvalue weighted by molar-refractivity contribution is 7.99. The first-order valence-corrected chi connectivity index (χ1v) is 10.8. The van der Waals surface area contributed by atoms with Gasteiger partial charge in [0, 0.05) is 43.3 Å². The van der Waals surface area contributed by atoms with Gasteiger partial charge in [-0.15, -0.1) is 0 Å². The number of likely N-dealkylation sites (tertiary alicyclic amines) is 1. The highest BCUT2D eigenvalue weighted by atomic mass is 32.2. The lowest BCUT2D eigenvalue weighted by Gasteiger charge is -2.44. The Morgan fingerprint density at radius 1 is 1.18 bits per heavy atom. The summed E-state index contributed by atoms with van der Waals surface area (Å²) in [7, 11) is 0. The number of fused-ring (bicyclic) bond motifs is 4. The minimum absolute atomic E-state index is 0.339. The Morgan fingerprint density at radius 3 is 2.75 bits per heavy atom. The number of hydrogen-bond donors (Lipinski definition) is 2. The van der Waals surface area contributed by atoms with Crippen LogP contribution in [0.1, 0.15) is 31.2 Å². The van der Waals surface area contributed by atoms with Crippen LogP contribution in [-0.4, -0.2) is 39.0 Å². The molecule has 5 rings (SSSR count). The monoisotopic (exact) mass is 396 g/mol. The molecule has 146 valence electrons. The molecule has 2 aromatic rings. The molecular formula is C21H24N4O2S. The number of aromatic nitrogens is 2. The Kier molecular flexibility index (Phi) is 4.72. The van der Waals surface area contributed by atoms with Crippen LogP contribution in [0, 0.1) is 17.8 Å². The number of benzene rings is 1. The first-order valence-electron chi connectivity index (χ1n) is 9.95. The van der Waals surface area contributed by atoms with Crippen molar-refractivity contribution < 1.29 is 9.90 Å². The molecule has 7 heteroatoms. The third kappa shape index (κ3) is 3.73. The van der Waals surface area contributed by atoms with E-state index < -0.39 is 5.97 Å². The van der Waals surface area contributed by atoms with E-state index in [0.29, 0.717) is 24.2 Å². The summed E-state index contributed by atoms with van der Waals surface area (Å²) in [5.41, 5.74) is 2.41. The molecule has 2 aliphatic heterocycles. The summed E-state index contributed by atoms with van der Waals surface area (Å²) < 4.78 is 0. The average molecular weight is 397 g/mol. The van der Waals surface area contributed by atoms with Crippen molar-refractivity contribution in [2.45, 2.75) is 42.1 Å². The summed E-state index contributed by atoms with van der Waals surface area (Å²) in [6.45, 7) is 3.12. The lowest BCUT2D eigenvalue weighted by molar-refractivity contribution is -0.138. The summed E-state index contributed by atoms with van der Waals surface area (Å²) >= 11 is 1.66. The highest BCUT2D eigenvalue weighted by Gasteiger charge is 2.35. The maximum atomic E-state index is 11.1. The van der Waals surface area contributed by atoms with Crippen LogP contribution in [0.5, 0.6) is 0 Å². The Bertz CT molecular complexity index is 892. The molecule has 0 spiro atoms. The normalized spacial score (nSPS) is 26.1. The van der Waals surface area contributed by atoms with E-state index in [0.717, 1.165) is 49.0 Å². The van der Waals surface area contributed by atoms with Crippen molar-refractivity contribution in [3.63, 3.8) is 0 Å². The molecule has 6 nitrogen and oxygen atoms in total. The standard InChI is InChI=1S/C21H24N4O2S/c26-19(27)9-14-5-15-7-16(6-14)12-25(11-15)10-13-1-2-18-17(8-13)24-20-21(28-18)23-4-3-22-20/h1-4,8,14-16H,5-7,9-12H2,(H,22,24)(H,26,27). The van der Waals surface area contributed by atoms with Gasteiger partial charge in [-0.1, -0.05) is 17.8 Å². The van der Waals surface area contributed by atoms with Crippen LogP contribution in [0.25, 0.3) is 0 Å². The van der Waals surface area contributed by atoms with Crippen molar-refractivity contribution in [3.8, 4) is 0 Å².